The number of nitrogens with one attached hydrogen (secondary N) is 1. The van der Waals surface area contributed by atoms with E-state index in [4.69, 9.17) is 11.6 Å². The summed E-state index contributed by atoms with van der Waals surface area (Å²) in [7, 11) is -2.01. The van der Waals surface area contributed by atoms with Crippen molar-refractivity contribution in [1.82, 2.24) is 10.2 Å². The van der Waals surface area contributed by atoms with Crippen molar-refractivity contribution in [2.24, 2.45) is 5.92 Å². The number of halogens is 1. The molecule has 0 saturated heterocycles. The maximum atomic E-state index is 11.7. The number of hydrogen-bond donors (Lipinski definition) is 2. The van der Waals surface area contributed by atoms with Gasteiger partial charge in [0.25, 0.3) is 0 Å². The molecule has 1 heterocycles. The highest BCUT2D eigenvalue weighted by atomic mass is 35.5. The largest absolute Gasteiger partial charge is 0.385 e. The number of aromatic amines is 1. The summed E-state index contributed by atoms with van der Waals surface area (Å²) >= 11 is 6.10. The first kappa shape index (κ1) is 13.9. The highest BCUT2D eigenvalue weighted by Gasteiger charge is 2.45. The summed E-state index contributed by atoms with van der Waals surface area (Å²) in [6.45, 7) is 0. The number of hydrogen-bond acceptors (Lipinski definition) is 3. The second-order valence-corrected chi connectivity index (χ2v) is 9.08. The van der Waals surface area contributed by atoms with Crippen molar-refractivity contribution in [3.05, 3.63) is 28.9 Å². The van der Waals surface area contributed by atoms with Gasteiger partial charge < -0.3 is 5.11 Å². The van der Waals surface area contributed by atoms with Gasteiger partial charge in [-0.15, -0.1) is 0 Å². The first-order valence-corrected chi connectivity index (χ1v) is 9.10. The molecule has 1 fully saturated rings. The van der Waals surface area contributed by atoms with Crippen LogP contribution in [0.5, 0.6) is 0 Å². The normalized spacial score (nSPS) is 29.1. The quantitative estimate of drug-likeness (QED) is 0.854. The fourth-order valence-electron chi connectivity index (χ4n) is 3.12. The van der Waals surface area contributed by atoms with E-state index in [2.05, 4.69) is 16.1 Å². The Morgan fingerprint density at radius 3 is 2.95 bits per heavy atom. The van der Waals surface area contributed by atoms with Crippen molar-refractivity contribution in [2.45, 2.75) is 18.4 Å². The molecule has 1 saturated carbocycles. The molecule has 20 heavy (non-hydrogen) atoms. The van der Waals surface area contributed by atoms with Crippen LogP contribution in [0.3, 0.4) is 0 Å². The second kappa shape index (κ2) is 4.48. The second-order valence-electron chi connectivity index (χ2n) is 5.94. The molecule has 0 amide bonds. The molecule has 1 aliphatic rings. The van der Waals surface area contributed by atoms with Crippen LogP contribution >= 0.6 is 11.6 Å². The van der Waals surface area contributed by atoms with Gasteiger partial charge >= 0.3 is 0 Å². The lowest BCUT2D eigenvalue weighted by molar-refractivity contribution is -0.0714. The summed E-state index contributed by atoms with van der Waals surface area (Å²) in [5, 5.41) is 19.2. The van der Waals surface area contributed by atoms with Crippen LogP contribution in [-0.2, 0) is 15.1 Å². The van der Waals surface area contributed by atoms with Crippen molar-refractivity contribution in [3.8, 4) is 0 Å². The summed E-state index contributed by atoms with van der Waals surface area (Å²) in [4.78, 5) is 0. The number of benzene rings is 1. The van der Waals surface area contributed by atoms with Crippen LogP contribution in [0.25, 0.3) is 10.9 Å². The summed E-state index contributed by atoms with van der Waals surface area (Å²) in [5.74, 6) is 4.48. The minimum atomic E-state index is -2.01. The molecule has 1 aliphatic carbocycles. The van der Waals surface area contributed by atoms with Crippen molar-refractivity contribution in [2.75, 3.05) is 12.0 Å². The van der Waals surface area contributed by atoms with E-state index in [1.54, 1.807) is 18.5 Å². The fourth-order valence-corrected chi connectivity index (χ4v) is 4.58. The summed E-state index contributed by atoms with van der Waals surface area (Å²) in [6.07, 6.45) is 4.53. The Hall–Kier alpha value is -1.04. The Balaban J connectivity index is 1.91. The minimum Gasteiger partial charge on any atom is -0.385 e. The lowest BCUT2D eigenvalue weighted by atomic mass is 9.68. The van der Waals surface area contributed by atoms with Crippen LogP contribution in [0, 0.1) is 5.92 Å². The lowest BCUT2D eigenvalue weighted by Crippen LogP contribution is -2.43. The van der Waals surface area contributed by atoms with Crippen LogP contribution in [0.2, 0.25) is 5.02 Å². The third kappa shape index (κ3) is 2.45. The number of rotatable bonds is 3. The molecule has 6 heteroatoms. The number of H-pyrrole nitrogens is 1. The Labute approximate surface area is 123 Å². The van der Waals surface area contributed by atoms with E-state index in [-0.39, 0.29) is 5.92 Å². The van der Waals surface area contributed by atoms with E-state index in [9.17, 15) is 9.32 Å². The van der Waals surface area contributed by atoms with E-state index in [0.29, 0.717) is 23.6 Å². The molecule has 2 aromatic rings. The van der Waals surface area contributed by atoms with Gasteiger partial charge in [-0.25, -0.2) is 0 Å². The first-order valence-electron chi connectivity index (χ1n) is 6.42. The summed E-state index contributed by atoms with van der Waals surface area (Å²) in [5.41, 5.74) is 0.688. The zero-order chi connectivity index (χ0) is 14.5. The zero-order valence-corrected chi connectivity index (χ0v) is 12.8. The standard InChI is InChI=1S/C14H17ClN2O2S/c1-20(2,19)8-9-5-14(18,6-9)12-4-11(15)3-10-7-16-17-13(10)12/h3-4,7,9,18H,1,5-6,8H2,2H3,(H,16,17). The molecule has 0 aliphatic heterocycles. The third-order valence-electron chi connectivity index (χ3n) is 3.86. The van der Waals surface area contributed by atoms with Crippen LogP contribution in [-0.4, -0.2) is 37.4 Å². The van der Waals surface area contributed by atoms with E-state index in [1.807, 2.05) is 6.07 Å². The molecule has 1 atom stereocenters. The average Bonchev–Trinajstić information content (AvgIpc) is 2.71. The molecule has 4 nitrogen and oxygen atoms in total. The molecule has 0 bridgehead atoms. The Bertz CT molecular complexity index is 761. The number of aromatic nitrogens is 2. The van der Waals surface area contributed by atoms with Gasteiger partial charge in [-0.1, -0.05) is 11.6 Å². The highest BCUT2D eigenvalue weighted by Crippen LogP contribution is 2.48. The number of fused-ring (bicyclic) bond motifs is 1. The Kier molecular flexibility index (Phi) is 3.12. The van der Waals surface area contributed by atoms with Gasteiger partial charge in [0.1, 0.15) is 0 Å². The molecule has 0 spiro atoms. The van der Waals surface area contributed by atoms with Crippen molar-refractivity contribution < 1.29 is 9.32 Å². The van der Waals surface area contributed by atoms with Crippen LogP contribution < -0.4 is 0 Å². The fraction of sp³-hybridized carbons (Fsp3) is 0.429. The minimum absolute atomic E-state index is 0.243. The molecule has 0 radical (unpaired) electrons. The zero-order valence-electron chi connectivity index (χ0n) is 11.2. The monoisotopic (exact) mass is 312 g/mol. The molecule has 1 unspecified atom stereocenters. The third-order valence-corrected chi connectivity index (χ3v) is 5.25. The molecule has 108 valence electrons. The lowest BCUT2D eigenvalue weighted by Gasteiger charge is -2.44. The number of aliphatic hydroxyl groups is 1. The van der Waals surface area contributed by atoms with Crippen LogP contribution in [0.4, 0.5) is 0 Å². The predicted octanol–water partition coefficient (Wildman–Crippen LogP) is 2.16. The maximum Gasteiger partial charge on any atom is 0.0923 e. The van der Waals surface area contributed by atoms with Gasteiger partial charge in [0.15, 0.2) is 0 Å². The molecular weight excluding hydrogens is 296 g/mol. The molecular formula is C14H17ClN2O2S. The summed E-state index contributed by atoms with van der Waals surface area (Å²) < 4.78 is 11.7. The van der Waals surface area contributed by atoms with Crippen molar-refractivity contribution in [3.63, 3.8) is 0 Å². The molecule has 1 aromatic heterocycles. The van der Waals surface area contributed by atoms with Gasteiger partial charge in [-0.3, -0.25) is 9.31 Å². The predicted molar refractivity (Wildman–Crippen MR) is 83.8 cm³/mol. The van der Waals surface area contributed by atoms with Crippen molar-refractivity contribution >= 4 is 37.9 Å². The van der Waals surface area contributed by atoms with Gasteiger partial charge in [0, 0.05) is 28.0 Å². The van der Waals surface area contributed by atoms with Gasteiger partial charge in [-0.05, 0) is 46.3 Å². The Morgan fingerprint density at radius 1 is 1.60 bits per heavy atom. The van der Waals surface area contributed by atoms with E-state index >= 15 is 0 Å². The summed E-state index contributed by atoms with van der Waals surface area (Å²) in [6, 6.07) is 3.60. The van der Waals surface area contributed by atoms with Gasteiger partial charge in [-0.2, -0.15) is 5.10 Å². The van der Waals surface area contributed by atoms with E-state index in [0.717, 1.165) is 16.5 Å². The maximum absolute atomic E-state index is 11.7. The topological polar surface area (TPSA) is 66.0 Å². The van der Waals surface area contributed by atoms with Crippen LogP contribution in [0.15, 0.2) is 18.3 Å². The highest BCUT2D eigenvalue weighted by molar-refractivity contribution is 7.99. The molecule has 3 rings (SSSR count). The van der Waals surface area contributed by atoms with E-state index < -0.39 is 15.1 Å². The van der Waals surface area contributed by atoms with Gasteiger partial charge in [0.2, 0.25) is 0 Å². The Morgan fingerprint density at radius 2 is 2.30 bits per heavy atom. The van der Waals surface area contributed by atoms with Gasteiger partial charge in [0.05, 0.1) is 17.3 Å². The van der Waals surface area contributed by atoms with Crippen molar-refractivity contribution in [1.29, 1.82) is 0 Å². The van der Waals surface area contributed by atoms with Crippen LogP contribution in [0.1, 0.15) is 18.4 Å². The van der Waals surface area contributed by atoms with E-state index in [1.165, 1.54) is 0 Å². The molecule has 2 N–H and O–H groups in total. The first-order chi connectivity index (χ1) is 9.27. The molecule has 1 aromatic carbocycles. The number of nitrogens with zero attached hydrogens (tertiary/aromatic N) is 1. The SMILES string of the molecule is C=S(C)(=O)CC1CC(O)(c2cc(Cl)cc3cn[nH]c23)C1. The smallest absolute Gasteiger partial charge is 0.0923 e. The average molecular weight is 313 g/mol.